The number of nitrogens with one attached hydrogen (secondary N) is 2. The monoisotopic (exact) mass is 380 g/mol. The van der Waals surface area contributed by atoms with E-state index < -0.39 is 11.4 Å². The maximum Gasteiger partial charge on any atom is 0.338 e. The summed E-state index contributed by atoms with van der Waals surface area (Å²) in [4.78, 5) is 37.1. The Morgan fingerprint density at radius 1 is 0.893 bits per heavy atom. The van der Waals surface area contributed by atoms with Crippen LogP contribution in [0.5, 0.6) is 0 Å². The molecule has 6 heteroatoms. The van der Waals surface area contributed by atoms with Gasteiger partial charge in [0.1, 0.15) is 5.41 Å². The molecule has 3 rings (SSSR count). The highest BCUT2D eigenvalue weighted by Crippen LogP contribution is 2.47. The van der Waals surface area contributed by atoms with Crippen LogP contribution in [-0.2, 0) is 14.3 Å². The number of aryl methyl sites for hydroxylation is 2. The van der Waals surface area contributed by atoms with Gasteiger partial charge < -0.3 is 15.4 Å². The van der Waals surface area contributed by atoms with Gasteiger partial charge in [-0.05, 0) is 81.1 Å². The first kappa shape index (κ1) is 19.6. The fourth-order valence-corrected chi connectivity index (χ4v) is 2.91. The number of anilines is 2. The first-order valence-corrected chi connectivity index (χ1v) is 9.33. The van der Waals surface area contributed by atoms with E-state index in [9.17, 15) is 14.4 Å². The Morgan fingerprint density at radius 2 is 1.46 bits per heavy atom. The molecule has 0 spiro atoms. The zero-order valence-electron chi connectivity index (χ0n) is 16.3. The average molecular weight is 380 g/mol. The quantitative estimate of drug-likeness (QED) is 0.589. The lowest BCUT2D eigenvalue weighted by Gasteiger charge is -2.16. The Hall–Kier alpha value is -3.15. The van der Waals surface area contributed by atoms with Gasteiger partial charge in [0, 0.05) is 11.4 Å². The second-order valence-electron chi connectivity index (χ2n) is 7.09. The van der Waals surface area contributed by atoms with Gasteiger partial charge in [0.25, 0.3) is 0 Å². The summed E-state index contributed by atoms with van der Waals surface area (Å²) in [7, 11) is 0. The summed E-state index contributed by atoms with van der Waals surface area (Å²) in [6, 6.07) is 12.1. The number of rotatable bonds is 6. The molecule has 28 heavy (non-hydrogen) atoms. The van der Waals surface area contributed by atoms with Crippen LogP contribution in [0.2, 0.25) is 0 Å². The number of hydrogen-bond acceptors (Lipinski definition) is 4. The molecular formula is C22H24N2O4. The van der Waals surface area contributed by atoms with Gasteiger partial charge in [0.05, 0.1) is 12.2 Å². The van der Waals surface area contributed by atoms with Gasteiger partial charge >= 0.3 is 5.97 Å². The van der Waals surface area contributed by atoms with Crippen LogP contribution in [0.25, 0.3) is 0 Å². The molecule has 0 heterocycles. The minimum atomic E-state index is -1.04. The van der Waals surface area contributed by atoms with Gasteiger partial charge in [0.15, 0.2) is 0 Å². The zero-order valence-corrected chi connectivity index (χ0v) is 16.3. The van der Waals surface area contributed by atoms with Crippen molar-refractivity contribution in [3.05, 3.63) is 59.2 Å². The number of esters is 1. The molecule has 2 amide bonds. The predicted octanol–water partition coefficient (Wildman–Crippen LogP) is 3.84. The molecule has 1 fully saturated rings. The van der Waals surface area contributed by atoms with Crippen LogP contribution < -0.4 is 10.6 Å². The lowest BCUT2D eigenvalue weighted by atomic mass is 10.0. The van der Waals surface area contributed by atoms with Gasteiger partial charge in [0.2, 0.25) is 11.8 Å². The Labute approximate surface area is 164 Å². The van der Waals surface area contributed by atoms with E-state index in [1.165, 1.54) is 0 Å². The molecule has 0 saturated heterocycles. The maximum absolute atomic E-state index is 12.7. The fourth-order valence-electron chi connectivity index (χ4n) is 2.91. The molecule has 1 aliphatic carbocycles. The van der Waals surface area contributed by atoms with Crippen molar-refractivity contribution in [3.8, 4) is 0 Å². The molecule has 2 aromatic rings. The molecule has 6 nitrogen and oxygen atoms in total. The molecule has 146 valence electrons. The smallest absolute Gasteiger partial charge is 0.338 e. The molecule has 0 bridgehead atoms. The number of carbonyl (C=O) groups excluding carboxylic acids is 3. The maximum atomic E-state index is 12.7. The second kappa shape index (κ2) is 7.84. The van der Waals surface area contributed by atoms with Crippen molar-refractivity contribution in [2.24, 2.45) is 5.41 Å². The summed E-state index contributed by atoms with van der Waals surface area (Å²) < 4.78 is 4.94. The third kappa shape index (κ3) is 4.06. The van der Waals surface area contributed by atoms with Gasteiger partial charge in [-0.1, -0.05) is 6.07 Å². The summed E-state index contributed by atoms with van der Waals surface area (Å²) in [5.41, 5.74) is 2.80. The highest BCUT2D eigenvalue weighted by molar-refractivity contribution is 6.17. The lowest BCUT2D eigenvalue weighted by molar-refractivity contribution is -0.131. The highest BCUT2D eigenvalue weighted by atomic mass is 16.5. The number of amides is 2. The molecule has 0 aliphatic heterocycles. The van der Waals surface area contributed by atoms with Crippen LogP contribution >= 0.6 is 0 Å². The van der Waals surface area contributed by atoms with E-state index in [1.54, 1.807) is 31.2 Å². The van der Waals surface area contributed by atoms with E-state index >= 15 is 0 Å². The molecule has 2 aromatic carbocycles. The zero-order chi connectivity index (χ0) is 20.3. The topological polar surface area (TPSA) is 84.5 Å². The summed E-state index contributed by atoms with van der Waals surface area (Å²) in [6.07, 6.45) is 1.02. The van der Waals surface area contributed by atoms with Gasteiger partial charge in [-0.15, -0.1) is 0 Å². The van der Waals surface area contributed by atoms with Crippen LogP contribution in [0, 0.1) is 19.3 Å². The normalized spacial score (nSPS) is 14.1. The van der Waals surface area contributed by atoms with Crippen molar-refractivity contribution in [1.82, 2.24) is 0 Å². The van der Waals surface area contributed by atoms with E-state index in [0.29, 0.717) is 36.4 Å². The highest BCUT2D eigenvalue weighted by Gasteiger charge is 2.56. The predicted molar refractivity (Wildman–Crippen MR) is 107 cm³/mol. The minimum Gasteiger partial charge on any atom is -0.462 e. The number of benzene rings is 2. The van der Waals surface area contributed by atoms with Gasteiger partial charge in [-0.2, -0.15) is 0 Å². The molecule has 0 atom stereocenters. The Bertz CT molecular complexity index is 915. The fraction of sp³-hybridized carbons (Fsp3) is 0.318. The number of ether oxygens (including phenoxy) is 1. The number of hydrogen-bond donors (Lipinski definition) is 2. The van der Waals surface area contributed by atoms with Crippen molar-refractivity contribution in [1.29, 1.82) is 0 Å². The summed E-state index contributed by atoms with van der Waals surface area (Å²) >= 11 is 0. The van der Waals surface area contributed by atoms with Crippen molar-refractivity contribution in [2.45, 2.75) is 33.6 Å². The van der Waals surface area contributed by atoms with Crippen LogP contribution in [0.4, 0.5) is 11.4 Å². The lowest BCUT2D eigenvalue weighted by Crippen LogP contribution is -2.35. The van der Waals surface area contributed by atoms with Crippen molar-refractivity contribution >= 4 is 29.2 Å². The van der Waals surface area contributed by atoms with E-state index in [4.69, 9.17) is 4.74 Å². The first-order chi connectivity index (χ1) is 13.4. The first-order valence-electron chi connectivity index (χ1n) is 9.33. The summed E-state index contributed by atoms with van der Waals surface area (Å²) in [5.74, 6) is -1.04. The van der Waals surface area contributed by atoms with Crippen LogP contribution in [-0.4, -0.2) is 24.4 Å². The van der Waals surface area contributed by atoms with Gasteiger partial charge in [-0.25, -0.2) is 4.79 Å². The third-order valence-electron chi connectivity index (χ3n) is 5.04. The molecule has 0 aromatic heterocycles. The molecule has 2 N–H and O–H groups in total. The molecule has 0 unspecified atom stereocenters. The summed E-state index contributed by atoms with van der Waals surface area (Å²) in [6.45, 7) is 6.02. The van der Waals surface area contributed by atoms with E-state index in [2.05, 4.69) is 10.6 Å². The van der Waals surface area contributed by atoms with E-state index in [-0.39, 0.29) is 11.8 Å². The van der Waals surface area contributed by atoms with Gasteiger partial charge in [-0.3, -0.25) is 9.59 Å². The second-order valence-corrected chi connectivity index (χ2v) is 7.09. The Balaban J connectivity index is 1.65. The van der Waals surface area contributed by atoms with Crippen molar-refractivity contribution in [3.63, 3.8) is 0 Å². The van der Waals surface area contributed by atoms with Crippen LogP contribution in [0.3, 0.4) is 0 Å². The molecule has 0 radical (unpaired) electrons. The molecule has 1 aliphatic rings. The van der Waals surface area contributed by atoms with Crippen LogP contribution in [0.1, 0.15) is 41.3 Å². The standard InChI is InChI=1S/C22H24N2O4/c1-4-28-19(25)16-6-9-17(10-7-16)23-20(26)22(11-12-22)21(27)24-18-8-5-14(2)15(3)13-18/h5-10,13H,4,11-12H2,1-3H3,(H,23,26)(H,24,27). The molecule has 1 saturated carbocycles. The molecular weight excluding hydrogens is 356 g/mol. The van der Waals surface area contributed by atoms with E-state index in [1.807, 2.05) is 32.0 Å². The Morgan fingerprint density at radius 3 is 2.00 bits per heavy atom. The largest absolute Gasteiger partial charge is 0.462 e. The van der Waals surface area contributed by atoms with Crippen LogP contribution in [0.15, 0.2) is 42.5 Å². The van der Waals surface area contributed by atoms with E-state index in [0.717, 1.165) is 11.1 Å². The number of carbonyl (C=O) groups is 3. The minimum absolute atomic E-state index is 0.295. The van der Waals surface area contributed by atoms with Crippen molar-refractivity contribution < 1.29 is 19.1 Å². The Kier molecular flexibility index (Phi) is 5.49. The average Bonchev–Trinajstić information content (AvgIpc) is 3.48. The third-order valence-corrected chi connectivity index (χ3v) is 5.04. The summed E-state index contributed by atoms with van der Waals surface area (Å²) in [5, 5.41) is 5.63. The SMILES string of the molecule is CCOC(=O)c1ccc(NC(=O)C2(C(=O)Nc3ccc(C)c(C)c3)CC2)cc1. The van der Waals surface area contributed by atoms with Crippen molar-refractivity contribution in [2.75, 3.05) is 17.2 Å².